The number of nitrogens with zero attached hydrogens (tertiary/aromatic N) is 1. The number of halogens is 1. The molecule has 2 unspecified atom stereocenters. The first kappa shape index (κ1) is 21.9. The van der Waals surface area contributed by atoms with Crippen LogP contribution in [0.1, 0.15) is 38.2 Å². The molecule has 0 bridgehead atoms. The van der Waals surface area contributed by atoms with Crippen LogP contribution in [0.2, 0.25) is 0 Å². The second-order valence-corrected chi connectivity index (χ2v) is 9.11. The van der Waals surface area contributed by atoms with E-state index in [1.807, 2.05) is 6.92 Å². The highest BCUT2D eigenvalue weighted by atomic mass is 35.5. The number of sulfonamides is 1. The zero-order chi connectivity index (χ0) is 18.0. The Kier molecular flexibility index (Phi) is 7.43. The number of benzene rings is 1. The van der Waals surface area contributed by atoms with Crippen LogP contribution in [-0.2, 0) is 21.4 Å². The number of hydrogen-bond acceptors (Lipinski definition) is 4. The van der Waals surface area contributed by atoms with Gasteiger partial charge in [0.25, 0.3) is 0 Å². The molecule has 0 heterocycles. The van der Waals surface area contributed by atoms with Crippen molar-refractivity contribution in [2.45, 2.75) is 49.6 Å². The number of hydrogen-bond donors (Lipinski definition) is 2. The van der Waals surface area contributed by atoms with Gasteiger partial charge in [-0.2, -0.15) is 0 Å². The van der Waals surface area contributed by atoms with E-state index in [1.165, 1.54) is 18.4 Å². The van der Waals surface area contributed by atoms with Crippen molar-refractivity contribution >= 4 is 28.3 Å². The Morgan fingerprint density at radius 3 is 2.40 bits per heavy atom. The smallest absolute Gasteiger partial charge is 0.242 e. The van der Waals surface area contributed by atoms with E-state index in [9.17, 15) is 13.2 Å². The highest BCUT2D eigenvalue weighted by Gasteiger charge is 2.37. The number of carbonyl (C=O) groups excluding carboxylic acids is 1. The van der Waals surface area contributed by atoms with Gasteiger partial charge in [-0.1, -0.05) is 25.0 Å². The summed E-state index contributed by atoms with van der Waals surface area (Å²) in [5, 5.41) is 2.93. The fraction of sp³-hybridized carbons (Fsp3) is 0.588. The van der Waals surface area contributed by atoms with Crippen LogP contribution in [0.3, 0.4) is 0 Å². The Morgan fingerprint density at radius 1 is 1.28 bits per heavy atom. The molecule has 1 aromatic carbocycles. The summed E-state index contributed by atoms with van der Waals surface area (Å²) in [4.78, 5) is 12.6. The van der Waals surface area contributed by atoms with Crippen molar-refractivity contribution in [1.29, 1.82) is 0 Å². The number of rotatable bonds is 5. The minimum absolute atomic E-state index is 0. The minimum atomic E-state index is -3.43. The molecule has 3 N–H and O–H groups in total. The van der Waals surface area contributed by atoms with Crippen LogP contribution in [0, 0.1) is 5.92 Å². The van der Waals surface area contributed by atoms with Crippen molar-refractivity contribution in [3.63, 3.8) is 0 Å². The molecule has 0 aromatic heterocycles. The number of carbonyl (C=O) groups is 1. The summed E-state index contributed by atoms with van der Waals surface area (Å²) < 4.78 is 25.2. The van der Waals surface area contributed by atoms with E-state index >= 15 is 0 Å². The molecule has 0 aliphatic heterocycles. The summed E-state index contributed by atoms with van der Waals surface area (Å²) in [7, 11) is -0.433. The Labute approximate surface area is 156 Å². The molecule has 1 amide bonds. The van der Waals surface area contributed by atoms with Gasteiger partial charge in [0.2, 0.25) is 15.9 Å². The van der Waals surface area contributed by atoms with E-state index < -0.39 is 15.6 Å². The molecule has 1 fully saturated rings. The molecule has 0 radical (unpaired) electrons. The molecule has 142 valence electrons. The molecular formula is C17H28ClN3O3S. The van der Waals surface area contributed by atoms with Crippen LogP contribution in [0.5, 0.6) is 0 Å². The minimum Gasteiger partial charge on any atom is -0.352 e. The second kappa shape index (κ2) is 8.49. The molecule has 8 heteroatoms. The van der Waals surface area contributed by atoms with Crippen LogP contribution in [0.4, 0.5) is 0 Å². The lowest BCUT2D eigenvalue weighted by Crippen LogP contribution is -2.52. The quantitative estimate of drug-likeness (QED) is 0.804. The first-order chi connectivity index (χ1) is 11.1. The van der Waals surface area contributed by atoms with Crippen LogP contribution in [0.15, 0.2) is 29.2 Å². The van der Waals surface area contributed by atoms with Gasteiger partial charge < -0.3 is 11.1 Å². The van der Waals surface area contributed by atoms with Gasteiger partial charge in [0.1, 0.15) is 0 Å². The van der Waals surface area contributed by atoms with E-state index in [0.29, 0.717) is 6.54 Å². The van der Waals surface area contributed by atoms with Crippen molar-refractivity contribution in [2.75, 3.05) is 14.1 Å². The summed E-state index contributed by atoms with van der Waals surface area (Å²) in [5.74, 6) is -0.190. The van der Waals surface area contributed by atoms with Crippen molar-refractivity contribution < 1.29 is 13.2 Å². The Morgan fingerprint density at radius 2 is 1.88 bits per heavy atom. The lowest BCUT2D eigenvalue weighted by molar-refractivity contribution is -0.128. The molecule has 2 rings (SSSR count). The summed E-state index contributed by atoms with van der Waals surface area (Å²) in [6.07, 6.45) is 3.78. The van der Waals surface area contributed by atoms with Crippen molar-refractivity contribution in [2.24, 2.45) is 11.7 Å². The maximum atomic E-state index is 12.4. The summed E-state index contributed by atoms with van der Waals surface area (Å²) >= 11 is 0. The van der Waals surface area contributed by atoms with Gasteiger partial charge in [0.15, 0.2) is 0 Å². The van der Waals surface area contributed by atoms with Gasteiger partial charge >= 0.3 is 0 Å². The molecule has 2 atom stereocenters. The summed E-state index contributed by atoms with van der Waals surface area (Å²) in [6, 6.07) is 6.56. The van der Waals surface area contributed by atoms with Gasteiger partial charge in [-0.25, -0.2) is 12.7 Å². The fourth-order valence-corrected chi connectivity index (χ4v) is 3.99. The maximum Gasteiger partial charge on any atom is 0.242 e. The molecule has 1 aliphatic carbocycles. The molecule has 1 saturated carbocycles. The highest BCUT2D eigenvalue weighted by Crippen LogP contribution is 2.31. The van der Waals surface area contributed by atoms with Gasteiger partial charge in [-0.05, 0) is 37.5 Å². The fourth-order valence-electron chi connectivity index (χ4n) is 3.09. The number of nitrogens with two attached hydrogens (primary N) is 1. The highest BCUT2D eigenvalue weighted by molar-refractivity contribution is 7.89. The molecule has 6 nitrogen and oxygen atoms in total. The average molecular weight is 390 g/mol. The summed E-state index contributed by atoms with van der Waals surface area (Å²) in [6.45, 7) is 2.31. The third-order valence-corrected chi connectivity index (χ3v) is 6.57. The van der Waals surface area contributed by atoms with Gasteiger partial charge in [-0.15, -0.1) is 12.4 Å². The van der Waals surface area contributed by atoms with Crippen LogP contribution >= 0.6 is 12.4 Å². The SMILES string of the molecule is CN(C)S(=O)(=O)c1ccc(CNC(=O)C2CCCCC2(C)N)cc1.Cl. The van der Waals surface area contributed by atoms with E-state index in [-0.39, 0.29) is 29.1 Å². The Bertz CT molecular complexity index is 688. The third-order valence-electron chi connectivity index (χ3n) is 4.74. The Balaban J connectivity index is 0.00000312. The van der Waals surface area contributed by atoms with Crippen molar-refractivity contribution in [3.05, 3.63) is 29.8 Å². The lowest BCUT2D eigenvalue weighted by Gasteiger charge is -2.37. The van der Waals surface area contributed by atoms with E-state index in [4.69, 9.17) is 5.73 Å². The van der Waals surface area contributed by atoms with Crippen LogP contribution in [-0.4, -0.2) is 38.3 Å². The predicted octanol–water partition coefficient (Wildman–Crippen LogP) is 1.88. The topological polar surface area (TPSA) is 92.5 Å². The first-order valence-corrected chi connectivity index (χ1v) is 9.66. The number of amides is 1. The molecular weight excluding hydrogens is 362 g/mol. The second-order valence-electron chi connectivity index (χ2n) is 6.95. The van der Waals surface area contributed by atoms with Gasteiger partial charge in [-0.3, -0.25) is 4.79 Å². The Hall–Kier alpha value is -1.15. The normalized spacial score (nSPS) is 23.8. The van der Waals surface area contributed by atoms with E-state index in [2.05, 4.69) is 5.32 Å². The van der Waals surface area contributed by atoms with Gasteiger partial charge in [0.05, 0.1) is 10.8 Å². The summed E-state index contributed by atoms with van der Waals surface area (Å²) in [5.41, 5.74) is 6.66. The van der Waals surface area contributed by atoms with Crippen LogP contribution < -0.4 is 11.1 Å². The lowest BCUT2D eigenvalue weighted by atomic mass is 9.74. The van der Waals surface area contributed by atoms with E-state index in [0.717, 1.165) is 31.2 Å². The third kappa shape index (κ3) is 5.17. The molecule has 0 spiro atoms. The first-order valence-electron chi connectivity index (χ1n) is 8.22. The van der Waals surface area contributed by atoms with Crippen molar-refractivity contribution in [3.8, 4) is 0 Å². The monoisotopic (exact) mass is 389 g/mol. The van der Waals surface area contributed by atoms with Gasteiger partial charge in [0, 0.05) is 26.2 Å². The largest absolute Gasteiger partial charge is 0.352 e. The molecule has 1 aromatic rings. The molecule has 1 aliphatic rings. The van der Waals surface area contributed by atoms with Crippen molar-refractivity contribution in [1.82, 2.24) is 9.62 Å². The maximum absolute atomic E-state index is 12.4. The molecule has 25 heavy (non-hydrogen) atoms. The average Bonchev–Trinajstić information content (AvgIpc) is 2.52. The van der Waals surface area contributed by atoms with Crippen LogP contribution in [0.25, 0.3) is 0 Å². The zero-order valence-corrected chi connectivity index (χ0v) is 16.6. The predicted molar refractivity (Wildman–Crippen MR) is 101 cm³/mol. The number of nitrogens with one attached hydrogen (secondary N) is 1. The van der Waals surface area contributed by atoms with E-state index in [1.54, 1.807) is 24.3 Å². The standard InChI is InChI=1S/C17H27N3O3S.ClH/c1-17(18)11-5-4-6-15(17)16(21)19-12-13-7-9-14(10-8-13)24(22,23)20(2)3;/h7-10,15H,4-6,11-12,18H2,1-3H3,(H,19,21);1H. The molecule has 0 saturated heterocycles. The zero-order valence-electron chi connectivity index (χ0n) is 15.0.